The summed E-state index contributed by atoms with van der Waals surface area (Å²) in [6.07, 6.45) is -2.54. The van der Waals surface area contributed by atoms with E-state index in [4.69, 9.17) is 5.73 Å². The molecule has 15 heavy (non-hydrogen) atoms. The number of hydrogen-bond donors (Lipinski definition) is 2. The third kappa shape index (κ3) is 3.19. The van der Waals surface area contributed by atoms with Crippen LogP contribution < -0.4 is 11.1 Å². The molecule has 0 bridgehead atoms. The summed E-state index contributed by atoms with van der Waals surface area (Å²) in [6.45, 7) is 1.07. The Bertz CT molecular complexity index is 366. The van der Waals surface area contributed by atoms with E-state index < -0.39 is 18.9 Å². The zero-order valence-corrected chi connectivity index (χ0v) is 8.26. The summed E-state index contributed by atoms with van der Waals surface area (Å²) >= 11 is 0. The highest BCUT2D eigenvalue weighted by Crippen LogP contribution is 2.12. The first-order valence-electron chi connectivity index (χ1n) is 4.43. The molecule has 3 N–H and O–H groups in total. The van der Waals surface area contributed by atoms with Gasteiger partial charge < -0.3 is 11.1 Å². The molecule has 1 rings (SSSR count). The average Bonchev–Trinajstić information content (AvgIpc) is 2.14. The van der Waals surface area contributed by atoms with Gasteiger partial charge in [-0.05, 0) is 30.7 Å². The smallest absolute Gasteiger partial charge is 0.255 e. The average molecular weight is 214 g/mol. The number of carbonyl (C=O) groups is 1. The fraction of sp³-hybridized carbons (Fsp3) is 0.300. The van der Waals surface area contributed by atoms with Crippen molar-refractivity contribution in [3.63, 3.8) is 0 Å². The topological polar surface area (TPSA) is 55.1 Å². The highest BCUT2D eigenvalue weighted by Gasteiger charge is 2.10. The molecule has 3 nitrogen and oxygen atoms in total. The molecule has 0 fully saturated rings. The van der Waals surface area contributed by atoms with E-state index in [-0.39, 0.29) is 0 Å². The maximum absolute atomic E-state index is 11.8. The van der Waals surface area contributed by atoms with Gasteiger partial charge in [-0.3, -0.25) is 4.79 Å². The minimum absolute atomic E-state index is 0.366. The SMILES string of the molecule is Cc1cc(N)ccc1C(=O)NCC(F)F. The molecule has 0 unspecified atom stereocenters. The first-order valence-corrected chi connectivity index (χ1v) is 4.43. The third-order valence-corrected chi connectivity index (χ3v) is 1.91. The molecule has 0 aliphatic carbocycles. The Kier molecular flexibility index (Phi) is 3.60. The molecule has 0 spiro atoms. The van der Waals surface area contributed by atoms with Crippen molar-refractivity contribution >= 4 is 11.6 Å². The van der Waals surface area contributed by atoms with Gasteiger partial charge in [-0.2, -0.15) is 0 Å². The maximum atomic E-state index is 11.8. The number of hydrogen-bond acceptors (Lipinski definition) is 2. The zero-order chi connectivity index (χ0) is 11.4. The molecular weight excluding hydrogens is 202 g/mol. The van der Waals surface area contributed by atoms with Crippen LogP contribution in [0.25, 0.3) is 0 Å². The summed E-state index contributed by atoms with van der Waals surface area (Å²) in [7, 11) is 0. The van der Waals surface area contributed by atoms with E-state index in [1.54, 1.807) is 19.1 Å². The second kappa shape index (κ2) is 4.72. The molecular formula is C10H12F2N2O. The van der Waals surface area contributed by atoms with Gasteiger partial charge in [0.25, 0.3) is 12.3 Å². The van der Waals surface area contributed by atoms with E-state index in [1.807, 2.05) is 0 Å². The Morgan fingerprint density at radius 1 is 1.53 bits per heavy atom. The number of nitrogen functional groups attached to an aromatic ring is 1. The fourth-order valence-corrected chi connectivity index (χ4v) is 1.21. The number of rotatable bonds is 3. The van der Waals surface area contributed by atoms with Crippen molar-refractivity contribution in [2.75, 3.05) is 12.3 Å². The Morgan fingerprint density at radius 2 is 2.20 bits per heavy atom. The van der Waals surface area contributed by atoms with Crippen LogP contribution >= 0.6 is 0 Å². The van der Waals surface area contributed by atoms with Gasteiger partial charge in [0, 0.05) is 11.3 Å². The lowest BCUT2D eigenvalue weighted by atomic mass is 10.1. The Balaban J connectivity index is 2.74. The van der Waals surface area contributed by atoms with E-state index in [1.165, 1.54) is 6.07 Å². The van der Waals surface area contributed by atoms with Crippen LogP contribution in [0, 0.1) is 6.92 Å². The minimum atomic E-state index is -2.54. The normalized spacial score (nSPS) is 10.4. The first kappa shape index (κ1) is 11.4. The highest BCUT2D eigenvalue weighted by atomic mass is 19.3. The predicted molar refractivity (Wildman–Crippen MR) is 53.9 cm³/mol. The summed E-state index contributed by atoms with van der Waals surface area (Å²) in [6, 6.07) is 4.70. The molecule has 0 aliphatic heterocycles. The van der Waals surface area contributed by atoms with Gasteiger partial charge >= 0.3 is 0 Å². The van der Waals surface area contributed by atoms with Crippen molar-refractivity contribution in [3.05, 3.63) is 29.3 Å². The molecule has 0 aliphatic rings. The summed E-state index contributed by atoms with van der Waals surface area (Å²) < 4.78 is 23.7. The van der Waals surface area contributed by atoms with E-state index in [0.29, 0.717) is 16.8 Å². The number of aryl methyl sites for hydroxylation is 1. The largest absolute Gasteiger partial charge is 0.399 e. The van der Waals surface area contributed by atoms with Gasteiger partial charge in [-0.15, -0.1) is 0 Å². The first-order chi connectivity index (χ1) is 7.00. The fourth-order valence-electron chi connectivity index (χ4n) is 1.21. The third-order valence-electron chi connectivity index (χ3n) is 1.91. The molecule has 82 valence electrons. The predicted octanol–water partition coefficient (Wildman–Crippen LogP) is 1.57. The molecule has 1 amide bonds. The number of amides is 1. The van der Waals surface area contributed by atoms with Gasteiger partial charge in [0.05, 0.1) is 6.54 Å². The van der Waals surface area contributed by atoms with Gasteiger partial charge in [-0.25, -0.2) is 8.78 Å². The van der Waals surface area contributed by atoms with Crippen LogP contribution in [0.4, 0.5) is 14.5 Å². The molecule has 0 heterocycles. The monoisotopic (exact) mass is 214 g/mol. The van der Waals surface area contributed by atoms with E-state index in [2.05, 4.69) is 5.32 Å². The Hall–Kier alpha value is -1.65. The summed E-state index contributed by atoms with van der Waals surface area (Å²) in [5.74, 6) is -0.507. The van der Waals surface area contributed by atoms with Gasteiger partial charge in [0.15, 0.2) is 0 Å². The zero-order valence-electron chi connectivity index (χ0n) is 8.26. The van der Waals surface area contributed by atoms with Crippen molar-refractivity contribution in [2.45, 2.75) is 13.3 Å². The minimum Gasteiger partial charge on any atom is -0.399 e. The van der Waals surface area contributed by atoms with Crippen LogP contribution in [0.15, 0.2) is 18.2 Å². The molecule has 5 heteroatoms. The van der Waals surface area contributed by atoms with Crippen molar-refractivity contribution < 1.29 is 13.6 Å². The molecule has 0 aromatic heterocycles. The molecule has 0 saturated carbocycles. The number of nitrogens with one attached hydrogen (secondary N) is 1. The Morgan fingerprint density at radius 3 is 2.73 bits per heavy atom. The molecule has 1 aromatic carbocycles. The van der Waals surface area contributed by atoms with Gasteiger partial charge in [-0.1, -0.05) is 0 Å². The van der Waals surface area contributed by atoms with Crippen molar-refractivity contribution in [3.8, 4) is 0 Å². The van der Waals surface area contributed by atoms with Gasteiger partial charge in [0.2, 0.25) is 0 Å². The van der Waals surface area contributed by atoms with E-state index >= 15 is 0 Å². The van der Waals surface area contributed by atoms with E-state index in [0.717, 1.165) is 0 Å². The quantitative estimate of drug-likeness (QED) is 0.750. The second-order valence-corrected chi connectivity index (χ2v) is 3.18. The van der Waals surface area contributed by atoms with Crippen LogP contribution in [0.3, 0.4) is 0 Å². The second-order valence-electron chi connectivity index (χ2n) is 3.18. The summed E-state index contributed by atoms with van der Waals surface area (Å²) in [4.78, 5) is 11.4. The molecule has 0 atom stereocenters. The van der Waals surface area contributed by atoms with Crippen molar-refractivity contribution in [1.82, 2.24) is 5.32 Å². The Labute approximate surface area is 86.3 Å². The number of carbonyl (C=O) groups excluding carboxylic acids is 1. The molecule has 0 radical (unpaired) electrons. The summed E-state index contributed by atoms with van der Waals surface area (Å²) in [5.41, 5.74) is 7.07. The number of alkyl halides is 2. The van der Waals surface area contributed by atoms with Crippen LogP contribution in [0.5, 0.6) is 0 Å². The maximum Gasteiger partial charge on any atom is 0.255 e. The van der Waals surface area contributed by atoms with Crippen molar-refractivity contribution in [1.29, 1.82) is 0 Å². The lowest BCUT2D eigenvalue weighted by Crippen LogP contribution is -2.28. The van der Waals surface area contributed by atoms with E-state index in [9.17, 15) is 13.6 Å². The number of nitrogens with two attached hydrogens (primary N) is 1. The van der Waals surface area contributed by atoms with Crippen LogP contribution in [0.2, 0.25) is 0 Å². The number of anilines is 1. The van der Waals surface area contributed by atoms with Gasteiger partial charge in [0.1, 0.15) is 0 Å². The summed E-state index contributed by atoms with van der Waals surface area (Å²) in [5, 5.41) is 2.13. The molecule has 1 aromatic rings. The van der Waals surface area contributed by atoms with Crippen LogP contribution in [0.1, 0.15) is 15.9 Å². The lowest BCUT2D eigenvalue weighted by molar-refractivity contribution is 0.0891. The van der Waals surface area contributed by atoms with Crippen LogP contribution in [-0.4, -0.2) is 18.9 Å². The molecule has 0 saturated heterocycles. The standard InChI is InChI=1S/C10H12F2N2O/c1-6-4-7(13)2-3-8(6)10(15)14-5-9(11)12/h2-4,9H,5,13H2,1H3,(H,14,15). The number of benzene rings is 1. The highest BCUT2D eigenvalue weighted by molar-refractivity contribution is 5.95. The lowest BCUT2D eigenvalue weighted by Gasteiger charge is -2.07. The van der Waals surface area contributed by atoms with Crippen LogP contribution in [-0.2, 0) is 0 Å². The van der Waals surface area contributed by atoms with Crippen molar-refractivity contribution in [2.24, 2.45) is 0 Å². The number of halogens is 2.